The van der Waals surface area contributed by atoms with Gasteiger partial charge in [0.2, 0.25) is 0 Å². The summed E-state index contributed by atoms with van der Waals surface area (Å²) >= 11 is 1.35. The zero-order valence-electron chi connectivity index (χ0n) is 9.94. The van der Waals surface area contributed by atoms with Gasteiger partial charge in [0.05, 0.1) is 0 Å². The van der Waals surface area contributed by atoms with Crippen LogP contribution in [0.25, 0.3) is 9.31 Å². The molecule has 0 saturated carbocycles. The van der Waals surface area contributed by atoms with E-state index in [1.165, 1.54) is 11.3 Å². The van der Waals surface area contributed by atoms with Gasteiger partial charge in [-0.1, -0.05) is 0 Å². The quantitative estimate of drug-likeness (QED) is 0.481. The molecule has 3 heterocycles. The summed E-state index contributed by atoms with van der Waals surface area (Å²) in [5.74, 6) is 0. The number of hydrogen-bond acceptors (Lipinski definition) is 6. The third-order valence-corrected chi connectivity index (χ3v) is 6.44. The van der Waals surface area contributed by atoms with Crippen molar-refractivity contribution in [2.75, 3.05) is 31.2 Å². The molecule has 19 heavy (non-hydrogen) atoms. The van der Waals surface area contributed by atoms with Gasteiger partial charge in [-0.05, 0) is 0 Å². The van der Waals surface area contributed by atoms with Crippen LogP contribution in [0.5, 0.6) is 0 Å². The SMILES string of the molecule is O=[N+]([O-])c1ccc(-c2cnc(N3CCOCC3)[se]2)s1. The van der Waals surface area contributed by atoms with Gasteiger partial charge in [0, 0.05) is 0 Å². The third kappa shape index (κ3) is 2.71. The molecule has 0 atom stereocenters. The molecule has 8 heteroatoms. The summed E-state index contributed by atoms with van der Waals surface area (Å²) in [6.07, 6.45) is 1.85. The zero-order chi connectivity index (χ0) is 13.2. The van der Waals surface area contributed by atoms with Crippen molar-refractivity contribution in [1.82, 2.24) is 4.98 Å². The predicted octanol–water partition coefficient (Wildman–Crippen LogP) is 1.61. The van der Waals surface area contributed by atoms with Crippen molar-refractivity contribution in [3.63, 3.8) is 0 Å². The van der Waals surface area contributed by atoms with Gasteiger partial charge >= 0.3 is 119 Å². The number of aromatic nitrogens is 1. The molecule has 1 aliphatic heterocycles. The summed E-state index contributed by atoms with van der Waals surface area (Å²) < 4.78 is 7.54. The molecule has 0 spiro atoms. The van der Waals surface area contributed by atoms with Crippen LogP contribution in [0, 0.1) is 10.1 Å². The molecule has 3 rings (SSSR count). The van der Waals surface area contributed by atoms with Gasteiger partial charge in [0.15, 0.2) is 0 Å². The Hall–Kier alpha value is -1.21. The summed E-state index contributed by atoms with van der Waals surface area (Å²) in [5, 5.41) is 10.9. The van der Waals surface area contributed by atoms with Crippen molar-refractivity contribution in [3.8, 4) is 9.31 Å². The molecule has 0 bridgehead atoms. The Bertz CT molecular complexity index is 592. The van der Waals surface area contributed by atoms with E-state index in [4.69, 9.17) is 4.74 Å². The molecular formula is C11H11N3O3SSe. The van der Waals surface area contributed by atoms with E-state index in [2.05, 4.69) is 9.88 Å². The number of hydrogen-bond donors (Lipinski definition) is 0. The molecule has 0 aliphatic carbocycles. The van der Waals surface area contributed by atoms with E-state index >= 15 is 0 Å². The minimum absolute atomic E-state index is 0.135. The summed E-state index contributed by atoms with van der Waals surface area (Å²) in [6, 6.07) is 3.37. The molecule has 0 N–H and O–H groups in total. The van der Waals surface area contributed by atoms with Crippen LogP contribution < -0.4 is 4.90 Å². The van der Waals surface area contributed by atoms with Crippen LogP contribution in [-0.4, -0.2) is 50.7 Å². The normalized spacial score (nSPS) is 15.7. The van der Waals surface area contributed by atoms with Gasteiger partial charge in [-0.3, -0.25) is 0 Å². The number of thiophene rings is 1. The van der Waals surface area contributed by atoms with Crippen LogP contribution in [0.3, 0.4) is 0 Å². The first kappa shape index (κ1) is 12.8. The standard InChI is InChI=1S/C11H11N3O3SSe/c15-14(16)10-2-1-8(18-10)9-7-12-11(19-9)13-3-5-17-6-4-13/h1-2,7H,3-6H2. The number of rotatable bonds is 3. The first-order chi connectivity index (χ1) is 9.24. The Morgan fingerprint density at radius 1 is 1.42 bits per heavy atom. The van der Waals surface area contributed by atoms with Crippen LogP contribution in [0.2, 0.25) is 0 Å². The van der Waals surface area contributed by atoms with Gasteiger partial charge in [0.1, 0.15) is 0 Å². The van der Waals surface area contributed by atoms with E-state index in [9.17, 15) is 10.1 Å². The Kier molecular flexibility index (Phi) is 3.65. The molecule has 2 aromatic rings. The average molecular weight is 344 g/mol. The third-order valence-electron chi connectivity index (χ3n) is 2.79. The van der Waals surface area contributed by atoms with Gasteiger partial charge in [-0.25, -0.2) is 0 Å². The summed E-state index contributed by atoms with van der Waals surface area (Å²) in [6.45, 7) is 3.25. The molecular weight excluding hydrogens is 333 g/mol. The van der Waals surface area contributed by atoms with Gasteiger partial charge < -0.3 is 0 Å². The van der Waals surface area contributed by atoms with Crippen molar-refractivity contribution in [3.05, 3.63) is 28.4 Å². The summed E-state index contributed by atoms with van der Waals surface area (Å²) in [7, 11) is 0. The van der Waals surface area contributed by atoms with Crippen molar-refractivity contribution < 1.29 is 9.66 Å². The molecule has 0 unspecified atom stereocenters. The van der Waals surface area contributed by atoms with Crippen LogP contribution in [0.1, 0.15) is 0 Å². The molecule has 1 saturated heterocycles. The van der Waals surface area contributed by atoms with E-state index in [0.717, 1.165) is 40.3 Å². The maximum absolute atomic E-state index is 10.7. The number of ether oxygens (including phenoxy) is 1. The van der Waals surface area contributed by atoms with Crippen LogP contribution >= 0.6 is 11.3 Å². The second-order valence-corrected chi connectivity index (χ2v) is 7.18. The predicted molar refractivity (Wildman–Crippen MR) is 74.2 cm³/mol. The number of nitrogens with zero attached hydrogens (tertiary/aromatic N) is 3. The van der Waals surface area contributed by atoms with E-state index < -0.39 is 0 Å². The fourth-order valence-corrected chi connectivity index (χ4v) is 4.90. The van der Waals surface area contributed by atoms with Gasteiger partial charge in [-0.15, -0.1) is 0 Å². The Morgan fingerprint density at radius 3 is 2.89 bits per heavy atom. The Morgan fingerprint density at radius 2 is 2.21 bits per heavy atom. The molecule has 0 amide bonds. The average Bonchev–Trinajstić information content (AvgIpc) is 3.09. The van der Waals surface area contributed by atoms with Crippen LogP contribution in [0.15, 0.2) is 18.3 Å². The molecule has 100 valence electrons. The van der Waals surface area contributed by atoms with E-state index in [-0.39, 0.29) is 24.4 Å². The van der Waals surface area contributed by atoms with Crippen molar-refractivity contribution in [2.45, 2.75) is 0 Å². The number of anilines is 1. The van der Waals surface area contributed by atoms with E-state index in [1.807, 2.05) is 12.3 Å². The van der Waals surface area contributed by atoms with Crippen molar-refractivity contribution in [1.29, 1.82) is 0 Å². The first-order valence-corrected chi connectivity index (χ1v) is 8.30. The second kappa shape index (κ2) is 5.42. The maximum atomic E-state index is 10.7. The molecule has 0 aromatic carbocycles. The molecule has 6 nitrogen and oxygen atoms in total. The molecule has 2 aromatic heterocycles. The second-order valence-electron chi connectivity index (χ2n) is 4.00. The van der Waals surface area contributed by atoms with E-state index in [0.29, 0.717) is 0 Å². The minimum atomic E-state index is -0.347. The molecule has 1 fully saturated rings. The van der Waals surface area contributed by atoms with Gasteiger partial charge in [-0.2, -0.15) is 0 Å². The van der Waals surface area contributed by atoms with Crippen molar-refractivity contribution >= 4 is 35.5 Å². The zero-order valence-corrected chi connectivity index (χ0v) is 12.5. The molecule has 1 aliphatic rings. The van der Waals surface area contributed by atoms with Crippen LogP contribution in [0.4, 0.5) is 9.69 Å². The van der Waals surface area contributed by atoms with Crippen molar-refractivity contribution in [2.24, 2.45) is 0 Å². The number of morpholine rings is 1. The topological polar surface area (TPSA) is 68.5 Å². The fourth-order valence-electron chi connectivity index (χ4n) is 1.84. The van der Waals surface area contributed by atoms with Gasteiger partial charge in [0.25, 0.3) is 0 Å². The van der Waals surface area contributed by atoms with Crippen LogP contribution in [-0.2, 0) is 4.74 Å². The Balaban J connectivity index is 1.81. The summed E-state index contributed by atoms with van der Waals surface area (Å²) in [5.41, 5.74) is 0. The van der Waals surface area contributed by atoms with E-state index in [1.54, 1.807) is 6.07 Å². The number of nitro groups is 1. The first-order valence-electron chi connectivity index (χ1n) is 5.77. The summed E-state index contributed by atoms with van der Waals surface area (Å²) in [4.78, 5) is 18.0. The fraction of sp³-hybridized carbons (Fsp3) is 0.364. The monoisotopic (exact) mass is 345 g/mol. The molecule has 0 radical (unpaired) electrons. The Labute approximate surface area is 119 Å².